The summed E-state index contributed by atoms with van der Waals surface area (Å²) in [6, 6.07) is 14.8. The van der Waals surface area contributed by atoms with Crippen LogP contribution in [0.2, 0.25) is 5.02 Å². The summed E-state index contributed by atoms with van der Waals surface area (Å²) in [5.74, 6) is 0. The molecule has 0 radical (unpaired) electrons. The molecule has 1 fully saturated rings. The minimum atomic E-state index is -0.554. The first-order chi connectivity index (χ1) is 13.7. The monoisotopic (exact) mass is 411 g/mol. The van der Waals surface area contributed by atoms with Gasteiger partial charge in [0, 0.05) is 29.1 Å². The molecule has 0 spiro atoms. The zero-order chi connectivity index (χ0) is 20.8. The summed E-state index contributed by atoms with van der Waals surface area (Å²) in [5.41, 5.74) is 1.32. The van der Waals surface area contributed by atoms with Crippen molar-refractivity contribution < 1.29 is 9.53 Å². The summed E-state index contributed by atoms with van der Waals surface area (Å²) in [4.78, 5) is 31.1. The summed E-state index contributed by atoms with van der Waals surface area (Å²) in [6.07, 6.45) is -0.372. The fraction of sp³-hybridized carbons (Fsp3) is 0.318. The second kappa shape index (κ2) is 7.19. The van der Waals surface area contributed by atoms with Gasteiger partial charge in [0.25, 0.3) is 0 Å². The summed E-state index contributed by atoms with van der Waals surface area (Å²) in [5, 5.41) is 1.38. The molecule has 29 heavy (non-hydrogen) atoms. The molecule has 2 heterocycles. The second-order valence-corrected chi connectivity index (χ2v) is 8.62. The van der Waals surface area contributed by atoms with Gasteiger partial charge in [-0.3, -0.25) is 4.57 Å². The first kappa shape index (κ1) is 19.5. The van der Waals surface area contributed by atoms with Crippen LogP contribution in [0.15, 0.2) is 53.3 Å². The zero-order valence-corrected chi connectivity index (χ0v) is 17.3. The van der Waals surface area contributed by atoms with Crippen LogP contribution in [0.25, 0.3) is 22.2 Å². The number of amides is 1. The molecule has 0 atom stereocenters. The number of hydrogen-bond acceptors (Lipinski definition) is 4. The molecule has 0 bridgehead atoms. The maximum atomic E-state index is 12.9. The molecule has 0 aliphatic carbocycles. The van der Waals surface area contributed by atoms with Crippen molar-refractivity contribution in [2.24, 2.45) is 0 Å². The van der Waals surface area contributed by atoms with Gasteiger partial charge in [0.1, 0.15) is 5.60 Å². The lowest BCUT2D eigenvalue weighted by atomic mass is 10.0. The van der Waals surface area contributed by atoms with E-state index in [0.717, 1.165) is 16.5 Å². The van der Waals surface area contributed by atoms with Crippen molar-refractivity contribution >= 4 is 28.6 Å². The summed E-state index contributed by atoms with van der Waals surface area (Å²) in [6.45, 7) is 6.29. The number of halogens is 1. The number of likely N-dealkylation sites (tertiary alicyclic amines) is 1. The van der Waals surface area contributed by atoms with E-state index in [1.165, 1.54) is 0 Å². The predicted octanol–water partition coefficient (Wildman–Crippen LogP) is 4.51. The van der Waals surface area contributed by atoms with E-state index in [0.29, 0.717) is 23.8 Å². The van der Waals surface area contributed by atoms with Crippen LogP contribution >= 0.6 is 11.6 Å². The van der Waals surface area contributed by atoms with Crippen LogP contribution in [0.3, 0.4) is 0 Å². The number of aromatic nitrogens is 2. The molecule has 7 heteroatoms. The number of nitrogens with zero attached hydrogens (tertiary/aromatic N) is 3. The second-order valence-electron chi connectivity index (χ2n) is 8.18. The highest BCUT2D eigenvalue weighted by atomic mass is 35.5. The SMILES string of the molecule is CC(C)(C)OC(=O)N1CC(n2c(=O)nc(-c3ccccc3)c3cc(Cl)ccc32)C1. The lowest BCUT2D eigenvalue weighted by Gasteiger charge is -2.40. The van der Waals surface area contributed by atoms with Gasteiger partial charge in [0.15, 0.2) is 0 Å². The van der Waals surface area contributed by atoms with E-state index in [2.05, 4.69) is 4.98 Å². The van der Waals surface area contributed by atoms with Gasteiger partial charge in [-0.05, 0) is 39.0 Å². The first-order valence-electron chi connectivity index (χ1n) is 9.48. The molecule has 1 aliphatic heterocycles. The molecular formula is C22H22ClN3O3. The van der Waals surface area contributed by atoms with Gasteiger partial charge < -0.3 is 9.64 Å². The van der Waals surface area contributed by atoms with E-state index in [4.69, 9.17) is 16.3 Å². The number of fused-ring (bicyclic) bond motifs is 1. The molecule has 6 nitrogen and oxygen atoms in total. The van der Waals surface area contributed by atoms with Crippen LogP contribution < -0.4 is 5.69 Å². The maximum Gasteiger partial charge on any atom is 0.410 e. The van der Waals surface area contributed by atoms with Crippen molar-refractivity contribution in [1.29, 1.82) is 0 Å². The Hall–Kier alpha value is -2.86. The Balaban J connectivity index is 1.72. The third-order valence-electron chi connectivity index (χ3n) is 4.81. The molecule has 1 aromatic heterocycles. The van der Waals surface area contributed by atoms with E-state index in [1.54, 1.807) is 15.5 Å². The molecular weight excluding hydrogens is 390 g/mol. The lowest BCUT2D eigenvalue weighted by molar-refractivity contribution is 0.00104. The average Bonchev–Trinajstić information content (AvgIpc) is 2.61. The van der Waals surface area contributed by atoms with E-state index < -0.39 is 5.60 Å². The third kappa shape index (κ3) is 3.85. The van der Waals surface area contributed by atoms with Crippen molar-refractivity contribution in [3.8, 4) is 11.3 Å². The normalized spacial score (nSPS) is 14.7. The molecule has 3 aromatic rings. The Bertz CT molecular complexity index is 1130. The molecule has 4 rings (SSSR count). The Morgan fingerprint density at radius 3 is 2.48 bits per heavy atom. The molecule has 150 valence electrons. The number of carbonyl (C=O) groups is 1. The highest BCUT2D eigenvalue weighted by Gasteiger charge is 2.36. The van der Waals surface area contributed by atoms with Crippen molar-refractivity contribution in [3.63, 3.8) is 0 Å². The van der Waals surface area contributed by atoms with Crippen molar-refractivity contribution in [2.45, 2.75) is 32.4 Å². The van der Waals surface area contributed by atoms with E-state index in [9.17, 15) is 9.59 Å². The lowest BCUT2D eigenvalue weighted by Crippen LogP contribution is -2.54. The van der Waals surface area contributed by atoms with Crippen LogP contribution in [0.1, 0.15) is 26.8 Å². The van der Waals surface area contributed by atoms with Gasteiger partial charge in [-0.2, -0.15) is 4.98 Å². The fourth-order valence-corrected chi connectivity index (χ4v) is 3.66. The topological polar surface area (TPSA) is 64.4 Å². The largest absolute Gasteiger partial charge is 0.444 e. The number of rotatable bonds is 2. The molecule has 0 unspecified atom stereocenters. The Kier molecular flexibility index (Phi) is 4.82. The number of benzene rings is 2. The smallest absolute Gasteiger partial charge is 0.410 e. The third-order valence-corrected chi connectivity index (χ3v) is 5.05. The predicted molar refractivity (Wildman–Crippen MR) is 113 cm³/mol. The van der Waals surface area contributed by atoms with E-state index in [1.807, 2.05) is 63.2 Å². The van der Waals surface area contributed by atoms with E-state index in [-0.39, 0.29) is 17.8 Å². The quantitative estimate of drug-likeness (QED) is 0.622. The Morgan fingerprint density at radius 1 is 1.14 bits per heavy atom. The van der Waals surface area contributed by atoms with Gasteiger partial charge in [-0.1, -0.05) is 41.9 Å². The summed E-state index contributed by atoms with van der Waals surface area (Å²) < 4.78 is 7.05. The van der Waals surface area contributed by atoms with Gasteiger partial charge in [0.05, 0.1) is 17.3 Å². The van der Waals surface area contributed by atoms with Gasteiger partial charge in [0.2, 0.25) is 0 Å². The highest BCUT2D eigenvalue weighted by Crippen LogP contribution is 2.31. The minimum Gasteiger partial charge on any atom is -0.444 e. The van der Waals surface area contributed by atoms with Crippen LogP contribution in [-0.4, -0.2) is 39.2 Å². The number of carbonyl (C=O) groups excluding carboxylic acids is 1. The van der Waals surface area contributed by atoms with Crippen LogP contribution in [0.4, 0.5) is 4.79 Å². The summed E-state index contributed by atoms with van der Waals surface area (Å²) in [7, 11) is 0. The summed E-state index contributed by atoms with van der Waals surface area (Å²) >= 11 is 6.24. The molecule has 0 saturated carbocycles. The van der Waals surface area contributed by atoms with Crippen molar-refractivity contribution in [2.75, 3.05) is 13.1 Å². The Labute approximate surface area is 173 Å². The van der Waals surface area contributed by atoms with Crippen molar-refractivity contribution in [1.82, 2.24) is 14.5 Å². The van der Waals surface area contributed by atoms with Gasteiger partial charge >= 0.3 is 11.8 Å². The average molecular weight is 412 g/mol. The molecule has 2 aromatic carbocycles. The Morgan fingerprint density at radius 2 is 1.83 bits per heavy atom. The first-order valence-corrected chi connectivity index (χ1v) is 9.86. The zero-order valence-electron chi connectivity index (χ0n) is 16.6. The van der Waals surface area contributed by atoms with Crippen LogP contribution in [0.5, 0.6) is 0 Å². The molecule has 1 amide bonds. The molecule has 1 saturated heterocycles. The van der Waals surface area contributed by atoms with Gasteiger partial charge in [-0.15, -0.1) is 0 Å². The van der Waals surface area contributed by atoms with Crippen LogP contribution in [0, 0.1) is 0 Å². The highest BCUT2D eigenvalue weighted by molar-refractivity contribution is 6.31. The molecule has 1 aliphatic rings. The maximum absolute atomic E-state index is 12.9. The number of ether oxygens (including phenoxy) is 1. The standard InChI is InChI=1S/C22H22ClN3O3/c1-22(2,3)29-21(28)25-12-16(13-25)26-18-10-9-15(23)11-17(18)19(24-20(26)27)14-7-5-4-6-8-14/h4-11,16H,12-13H2,1-3H3. The fourth-order valence-electron chi connectivity index (χ4n) is 3.48. The van der Waals surface area contributed by atoms with E-state index >= 15 is 0 Å². The van der Waals surface area contributed by atoms with Gasteiger partial charge in [-0.25, -0.2) is 9.59 Å². The minimum absolute atomic E-state index is 0.156. The van der Waals surface area contributed by atoms with Crippen molar-refractivity contribution in [3.05, 3.63) is 64.0 Å². The molecule has 0 N–H and O–H groups in total. The van der Waals surface area contributed by atoms with Crippen LogP contribution in [-0.2, 0) is 4.74 Å². The number of hydrogen-bond donors (Lipinski definition) is 0.